The zero-order valence-electron chi connectivity index (χ0n) is 9.75. The van der Waals surface area contributed by atoms with E-state index in [-0.39, 0.29) is 27.7 Å². The topological polar surface area (TPSA) is 114 Å². The van der Waals surface area contributed by atoms with E-state index >= 15 is 0 Å². The van der Waals surface area contributed by atoms with Gasteiger partial charge >= 0.3 is 50.5 Å². The number of alkyl halides is 10. The van der Waals surface area contributed by atoms with Gasteiger partial charge in [-0.25, -0.2) is 16.8 Å². The van der Waals surface area contributed by atoms with Gasteiger partial charge in [-0.2, -0.15) is 43.9 Å². The van der Waals surface area contributed by atoms with Crippen LogP contribution in [-0.4, -0.2) is 48.8 Å². The predicted molar refractivity (Wildman–Crippen MR) is 41.4 cm³/mol. The second-order valence-corrected chi connectivity index (χ2v) is 5.78. The van der Waals surface area contributed by atoms with Crippen molar-refractivity contribution >= 4 is 20.2 Å². The van der Waals surface area contributed by atoms with Crippen molar-refractivity contribution in [3.05, 3.63) is 0 Å². The molecule has 0 amide bonds. The van der Waals surface area contributed by atoms with Gasteiger partial charge in [-0.3, -0.25) is 0 Å². The van der Waals surface area contributed by atoms with Crippen LogP contribution in [0.1, 0.15) is 0 Å². The summed E-state index contributed by atoms with van der Waals surface area (Å²) in [4.78, 5) is 0. The van der Waals surface area contributed by atoms with Gasteiger partial charge in [0.15, 0.2) is 20.2 Å². The Morgan fingerprint density at radius 2 is 0.652 bits per heavy atom. The maximum atomic E-state index is 11.4. The van der Waals surface area contributed by atoms with Crippen LogP contribution in [-0.2, 0) is 47.9 Å². The van der Waals surface area contributed by atoms with Gasteiger partial charge in [0, 0.05) is 0 Å². The van der Waals surface area contributed by atoms with Crippen molar-refractivity contribution in [2.75, 3.05) is 0 Å². The van der Waals surface area contributed by atoms with E-state index in [9.17, 15) is 69.8 Å². The maximum Gasteiger partial charge on any atom is 2.00 e. The molecule has 0 heterocycles. The van der Waals surface area contributed by atoms with E-state index in [0.717, 1.165) is 0 Å². The van der Waals surface area contributed by atoms with Crippen molar-refractivity contribution in [3.63, 3.8) is 0 Å². The van der Waals surface area contributed by atoms with Gasteiger partial charge in [-0.05, 0) is 0 Å². The second-order valence-electron chi connectivity index (χ2n) is 2.94. The number of hydrogen-bond donors (Lipinski definition) is 0. The first-order valence-electron chi connectivity index (χ1n) is 3.80. The van der Waals surface area contributed by atoms with Crippen LogP contribution in [0.4, 0.5) is 43.9 Å². The molecule has 0 aliphatic heterocycles. The maximum absolute atomic E-state index is 11.4. The summed E-state index contributed by atoms with van der Waals surface area (Å²) in [7, 11) is -13.3. The van der Waals surface area contributed by atoms with Crippen molar-refractivity contribution in [2.24, 2.45) is 0 Å². The average Bonchev–Trinajstić information content (AvgIpc) is 2.10. The Kier molecular flexibility index (Phi) is 9.12. The molecular weight excluding hydrogens is 599 g/mol. The van der Waals surface area contributed by atoms with Crippen LogP contribution in [0.15, 0.2) is 0 Å². The first-order valence-corrected chi connectivity index (χ1v) is 6.61. The normalized spacial score (nSPS) is 14.4. The fourth-order valence-electron chi connectivity index (χ4n) is 0.283. The first kappa shape index (κ1) is 27.9. The Hall–Kier alpha value is 0.0551. The molecule has 0 radical (unpaired) electrons. The van der Waals surface area contributed by atoms with Crippen molar-refractivity contribution in [2.45, 2.75) is 22.9 Å². The fraction of sp³-hybridized carbons (Fsp3) is 1.00. The predicted octanol–water partition coefficient (Wildman–Crippen LogP) is 1.37. The summed E-state index contributed by atoms with van der Waals surface area (Å²) < 4.78 is 167. The number of hydrogen-bond acceptors (Lipinski definition) is 6. The third-order valence-electron chi connectivity index (χ3n) is 1.29. The summed E-state index contributed by atoms with van der Waals surface area (Å²) >= 11 is 0. The molecule has 0 unspecified atom stereocenters. The monoisotopic (exact) mass is 600 g/mol. The SMILES string of the molecule is O=S(=O)([O-])C(F)(F)C(F)(F)F.O=S(=O)([O-])C(F)(F)C(F)(F)F.[Hg+2]. The summed E-state index contributed by atoms with van der Waals surface area (Å²) in [6, 6.07) is 0. The summed E-state index contributed by atoms with van der Waals surface area (Å²) in [5.41, 5.74) is 0. The Morgan fingerprint density at radius 3 is 0.652 bits per heavy atom. The molecule has 19 heteroatoms. The summed E-state index contributed by atoms with van der Waals surface area (Å²) in [6.07, 6.45) is -12.7. The molecule has 0 bridgehead atoms. The molecule has 0 atom stereocenters. The molecular formula is C4F10HgO6S2. The molecule has 0 N–H and O–H groups in total. The third-order valence-corrected chi connectivity index (χ3v) is 3.01. The summed E-state index contributed by atoms with van der Waals surface area (Å²) in [5, 5.41) is -12.4. The van der Waals surface area contributed by atoms with Gasteiger partial charge in [0.25, 0.3) is 0 Å². The molecule has 0 fully saturated rings. The van der Waals surface area contributed by atoms with Gasteiger partial charge in [0.1, 0.15) is 0 Å². The molecule has 0 aliphatic carbocycles. The quantitative estimate of drug-likeness (QED) is 0.270. The molecule has 6 nitrogen and oxygen atoms in total. The average molecular weight is 599 g/mol. The van der Waals surface area contributed by atoms with Gasteiger partial charge in [0.2, 0.25) is 0 Å². The molecule has 0 aromatic heterocycles. The minimum Gasteiger partial charge on any atom is -0.743 e. The van der Waals surface area contributed by atoms with E-state index in [2.05, 4.69) is 0 Å². The first-order chi connectivity index (χ1) is 9.00. The van der Waals surface area contributed by atoms with Crippen molar-refractivity contribution in [1.29, 1.82) is 0 Å². The molecule has 0 saturated heterocycles. The zero-order chi connectivity index (χ0) is 19.0. The van der Waals surface area contributed by atoms with E-state index < -0.39 is 43.1 Å². The number of halogens is 10. The largest absolute Gasteiger partial charge is 2.00 e. The van der Waals surface area contributed by atoms with E-state index in [1.807, 2.05) is 0 Å². The molecule has 136 valence electrons. The van der Waals surface area contributed by atoms with Gasteiger partial charge < -0.3 is 9.11 Å². The van der Waals surface area contributed by atoms with E-state index in [4.69, 9.17) is 0 Å². The molecule has 0 rings (SSSR count). The Balaban J connectivity index is -0.000000333. The minimum atomic E-state index is -6.67. The van der Waals surface area contributed by atoms with Gasteiger partial charge in [0.05, 0.1) is 0 Å². The van der Waals surface area contributed by atoms with Crippen molar-refractivity contribution in [3.8, 4) is 0 Å². The molecule has 0 saturated carbocycles. The molecule has 0 aromatic rings. The Labute approximate surface area is 140 Å². The molecule has 0 aliphatic rings. The van der Waals surface area contributed by atoms with Crippen molar-refractivity contribution < 1.29 is 97.5 Å². The van der Waals surface area contributed by atoms with Gasteiger partial charge in [-0.1, -0.05) is 0 Å². The molecule has 0 spiro atoms. The van der Waals surface area contributed by atoms with E-state index in [1.165, 1.54) is 0 Å². The van der Waals surface area contributed by atoms with Crippen LogP contribution in [0, 0.1) is 0 Å². The Bertz CT molecular complexity index is 534. The number of rotatable bonds is 2. The van der Waals surface area contributed by atoms with Crippen molar-refractivity contribution in [1.82, 2.24) is 0 Å². The van der Waals surface area contributed by atoms with Crippen LogP contribution in [0.25, 0.3) is 0 Å². The fourth-order valence-corrected chi connectivity index (χ4v) is 0.850. The zero-order valence-corrected chi connectivity index (χ0v) is 16.9. The van der Waals surface area contributed by atoms with Crippen LogP contribution < -0.4 is 0 Å². The van der Waals surface area contributed by atoms with Crippen LogP contribution in [0.5, 0.6) is 0 Å². The van der Waals surface area contributed by atoms with E-state index in [0.29, 0.717) is 0 Å². The van der Waals surface area contributed by atoms with E-state index in [1.54, 1.807) is 0 Å². The minimum absolute atomic E-state index is 0. The standard InChI is InChI=1S/2C2HF5O3S.Hg/c2*3-1(4,5)2(6,7)11(8,9)10;/h2*(H,8,9,10);/q;;+2/p-2. The Morgan fingerprint density at radius 1 is 0.522 bits per heavy atom. The molecule has 0 aromatic carbocycles. The van der Waals surface area contributed by atoms with Crippen LogP contribution in [0.3, 0.4) is 0 Å². The second kappa shape index (κ2) is 7.52. The summed E-state index contributed by atoms with van der Waals surface area (Å²) in [6.45, 7) is 0. The van der Waals surface area contributed by atoms with Crippen LogP contribution >= 0.6 is 0 Å². The summed E-state index contributed by atoms with van der Waals surface area (Å²) in [5.74, 6) is 0. The molecule has 23 heavy (non-hydrogen) atoms. The van der Waals surface area contributed by atoms with Crippen LogP contribution in [0.2, 0.25) is 0 Å². The smallest absolute Gasteiger partial charge is 0.743 e. The third kappa shape index (κ3) is 6.82. The van der Waals surface area contributed by atoms with Gasteiger partial charge in [-0.15, -0.1) is 0 Å².